The van der Waals surface area contributed by atoms with Gasteiger partial charge in [-0.15, -0.1) is 11.8 Å². The molecule has 0 N–H and O–H groups in total. The summed E-state index contributed by atoms with van der Waals surface area (Å²) in [4.78, 5) is 16.7. The fourth-order valence-corrected chi connectivity index (χ4v) is 5.70. The number of aromatic nitrogens is 1. The SMILES string of the molecule is CCCn1c2c(c3c(OC)cccc31)C(C(=O)N(CC)CC)Sc1ccccc1-2. The van der Waals surface area contributed by atoms with E-state index in [1.165, 1.54) is 16.2 Å². The quantitative estimate of drug-likeness (QED) is 0.521. The number of hydrogen-bond donors (Lipinski definition) is 0. The molecule has 0 bridgehead atoms. The Balaban J connectivity index is 2.08. The second-order valence-electron chi connectivity index (χ2n) is 7.27. The average Bonchev–Trinajstić information content (AvgIpc) is 3.09. The molecule has 2 aromatic carbocycles. The summed E-state index contributed by atoms with van der Waals surface area (Å²) in [6.07, 6.45) is 1.03. The fraction of sp³-hybridized carbons (Fsp3) is 0.375. The largest absolute Gasteiger partial charge is 0.496 e. The molecule has 0 fully saturated rings. The van der Waals surface area contributed by atoms with E-state index in [1.54, 1.807) is 18.9 Å². The lowest BCUT2D eigenvalue weighted by molar-refractivity contribution is -0.130. The molecule has 2 heterocycles. The number of amides is 1. The van der Waals surface area contributed by atoms with Crippen LogP contribution in [0.2, 0.25) is 0 Å². The minimum Gasteiger partial charge on any atom is -0.496 e. The van der Waals surface area contributed by atoms with Gasteiger partial charge in [0, 0.05) is 41.0 Å². The number of rotatable bonds is 6. The molecule has 1 aliphatic rings. The van der Waals surface area contributed by atoms with Crippen LogP contribution in [0.15, 0.2) is 47.4 Å². The molecule has 4 nitrogen and oxygen atoms in total. The summed E-state index contributed by atoms with van der Waals surface area (Å²) < 4.78 is 8.15. The normalized spacial score (nSPS) is 15.1. The molecule has 3 aromatic rings. The minimum atomic E-state index is -0.267. The van der Waals surface area contributed by atoms with Gasteiger partial charge >= 0.3 is 0 Å². The molecule has 4 rings (SSSR count). The van der Waals surface area contributed by atoms with Gasteiger partial charge in [0.05, 0.1) is 18.3 Å². The monoisotopic (exact) mass is 408 g/mol. The maximum atomic E-state index is 13.6. The Labute approximate surface area is 176 Å². The molecule has 0 radical (unpaired) electrons. The number of benzene rings is 2. The smallest absolute Gasteiger partial charge is 0.240 e. The number of carbonyl (C=O) groups is 1. The van der Waals surface area contributed by atoms with Gasteiger partial charge in [-0.05, 0) is 38.5 Å². The highest BCUT2D eigenvalue weighted by atomic mass is 32.2. The third-order valence-corrected chi connectivity index (χ3v) is 6.99. The first-order valence-electron chi connectivity index (χ1n) is 10.4. The van der Waals surface area contributed by atoms with Gasteiger partial charge in [-0.3, -0.25) is 4.79 Å². The number of ether oxygens (including phenoxy) is 1. The summed E-state index contributed by atoms with van der Waals surface area (Å²) in [5.41, 5.74) is 4.63. The van der Waals surface area contributed by atoms with Crippen molar-refractivity contribution >= 4 is 28.6 Å². The third kappa shape index (κ3) is 3.12. The number of likely N-dealkylation sites (N-methyl/N-ethyl adjacent to an activating group) is 1. The Morgan fingerprint density at radius 1 is 1.10 bits per heavy atom. The van der Waals surface area contributed by atoms with Crippen molar-refractivity contribution in [2.75, 3.05) is 20.2 Å². The van der Waals surface area contributed by atoms with Gasteiger partial charge in [-0.25, -0.2) is 0 Å². The van der Waals surface area contributed by atoms with Crippen molar-refractivity contribution in [1.29, 1.82) is 0 Å². The first-order chi connectivity index (χ1) is 14.2. The first-order valence-corrected chi connectivity index (χ1v) is 11.3. The maximum absolute atomic E-state index is 13.6. The van der Waals surface area contributed by atoms with Crippen molar-refractivity contribution in [3.05, 3.63) is 48.0 Å². The Bertz CT molecular complexity index is 1050. The highest BCUT2D eigenvalue weighted by Crippen LogP contribution is 2.54. The van der Waals surface area contributed by atoms with E-state index >= 15 is 0 Å². The van der Waals surface area contributed by atoms with Gasteiger partial charge in [0.2, 0.25) is 5.91 Å². The summed E-state index contributed by atoms with van der Waals surface area (Å²) in [7, 11) is 1.71. The Morgan fingerprint density at radius 2 is 1.86 bits per heavy atom. The standard InChI is InChI=1S/C24H28N2O2S/c1-5-15-26-17-12-10-13-18(28-4)20(17)21-22(26)16-11-8-9-14-19(16)29-23(21)24(27)25(6-2)7-3/h8-14,23H,5-7,15H2,1-4H3. The average molecular weight is 409 g/mol. The highest BCUT2D eigenvalue weighted by Gasteiger charge is 2.38. The minimum absolute atomic E-state index is 0.178. The van der Waals surface area contributed by atoms with Crippen LogP contribution in [0.5, 0.6) is 5.75 Å². The van der Waals surface area contributed by atoms with E-state index < -0.39 is 0 Å². The topological polar surface area (TPSA) is 34.5 Å². The lowest BCUT2D eigenvalue weighted by Gasteiger charge is -2.30. The number of fused-ring (bicyclic) bond motifs is 5. The molecule has 0 aliphatic carbocycles. The van der Waals surface area contributed by atoms with Crippen molar-refractivity contribution in [2.24, 2.45) is 0 Å². The van der Waals surface area contributed by atoms with E-state index in [-0.39, 0.29) is 11.2 Å². The van der Waals surface area contributed by atoms with Crippen LogP contribution in [0.4, 0.5) is 0 Å². The molecule has 1 aliphatic heterocycles. The van der Waals surface area contributed by atoms with Gasteiger partial charge in [-0.2, -0.15) is 0 Å². The zero-order valence-electron chi connectivity index (χ0n) is 17.6. The molecular formula is C24H28N2O2S. The van der Waals surface area contributed by atoms with Crippen LogP contribution < -0.4 is 4.74 Å². The Kier molecular flexibility index (Phi) is 5.59. The van der Waals surface area contributed by atoms with E-state index in [9.17, 15) is 4.79 Å². The van der Waals surface area contributed by atoms with E-state index in [0.717, 1.165) is 35.2 Å². The number of methoxy groups -OCH3 is 1. The molecule has 1 aromatic heterocycles. The second-order valence-corrected chi connectivity index (χ2v) is 8.42. The summed E-state index contributed by atoms with van der Waals surface area (Å²) >= 11 is 1.67. The predicted molar refractivity (Wildman–Crippen MR) is 121 cm³/mol. The van der Waals surface area contributed by atoms with Gasteiger partial charge < -0.3 is 14.2 Å². The van der Waals surface area contributed by atoms with Gasteiger partial charge in [0.15, 0.2) is 0 Å². The third-order valence-electron chi connectivity index (χ3n) is 5.71. The summed E-state index contributed by atoms with van der Waals surface area (Å²) in [5.74, 6) is 1.02. The van der Waals surface area contributed by atoms with E-state index in [2.05, 4.69) is 41.8 Å². The number of hydrogen-bond acceptors (Lipinski definition) is 3. The van der Waals surface area contributed by atoms with Crippen LogP contribution in [0.25, 0.3) is 22.2 Å². The molecule has 152 valence electrons. The van der Waals surface area contributed by atoms with E-state index in [4.69, 9.17) is 4.74 Å². The second kappa shape index (κ2) is 8.15. The summed E-state index contributed by atoms with van der Waals surface area (Å²) in [5, 5.41) is 0.808. The van der Waals surface area contributed by atoms with Crippen molar-refractivity contribution < 1.29 is 9.53 Å². The Morgan fingerprint density at radius 3 is 2.55 bits per heavy atom. The van der Waals surface area contributed by atoms with E-state index in [1.807, 2.05) is 30.9 Å². The lowest BCUT2D eigenvalue weighted by atomic mass is 10.00. The molecule has 5 heteroatoms. The predicted octanol–water partition coefficient (Wildman–Crippen LogP) is 5.74. The number of carbonyl (C=O) groups excluding carboxylic acids is 1. The molecule has 1 atom stereocenters. The van der Waals surface area contributed by atoms with Crippen LogP contribution >= 0.6 is 11.8 Å². The van der Waals surface area contributed by atoms with Gasteiger partial charge in [0.1, 0.15) is 11.0 Å². The molecule has 29 heavy (non-hydrogen) atoms. The van der Waals surface area contributed by atoms with Crippen molar-refractivity contribution in [3.8, 4) is 17.0 Å². The highest BCUT2D eigenvalue weighted by molar-refractivity contribution is 8.00. The van der Waals surface area contributed by atoms with E-state index in [0.29, 0.717) is 13.1 Å². The zero-order chi connectivity index (χ0) is 20.5. The molecule has 0 spiro atoms. The number of thioether (sulfide) groups is 1. The van der Waals surface area contributed by atoms with Gasteiger partial charge in [-0.1, -0.05) is 31.2 Å². The Hall–Kier alpha value is -2.40. The molecule has 0 saturated carbocycles. The molecule has 1 unspecified atom stereocenters. The maximum Gasteiger partial charge on any atom is 0.240 e. The van der Waals surface area contributed by atoms with Crippen molar-refractivity contribution in [1.82, 2.24) is 9.47 Å². The van der Waals surface area contributed by atoms with Crippen molar-refractivity contribution in [2.45, 2.75) is 43.9 Å². The van der Waals surface area contributed by atoms with Crippen LogP contribution in [0.1, 0.15) is 38.0 Å². The van der Waals surface area contributed by atoms with Crippen LogP contribution in [0.3, 0.4) is 0 Å². The first kappa shape index (κ1) is 19.9. The molecule has 1 amide bonds. The molecule has 0 saturated heterocycles. The van der Waals surface area contributed by atoms with Crippen LogP contribution in [-0.2, 0) is 11.3 Å². The fourth-order valence-electron chi connectivity index (χ4n) is 4.40. The number of aryl methyl sites for hydroxylation is 1. The van der Waals surface area contributed by atoms with Gasteiger partial charge in [0.25, 0.3) is 0 Å². The van der Waals surface area contributed by atoms with Crippen LogP contribution in [0, 0.1) is 0 Å². The summed E-state index contributed by atoms with van der Waals surface area (Å²) in [6.45, 7) is 8.63. The lowest BCUT2D eigenvalue weighted by Crippen LogP contribution is -2.34. The molecular weight excluding hydrogens is 380 g/mol. The van der Waals surface area contributed by atoms with Crippen molar-refractivity contribution in [3.63, 3.8) is 0 Å². The zero-order valence-corrected chi connectivity index (χ0v) is 18.4. The summed E-state index contributed by atoms with van der Waals surface area (Å²) in [6, 6.07) is 14.7. The number of nitrogens with zero attached hydrogens (tertiary/aromatic N) is 2. The van der Waals surface area contributed by atoms with Crippen LogP contribution in [-0.4, -0.2) is 35.6 Å².